The molecule has 0 bridgehead atoms. The molecule has 18 heavy (non-hydrogen) atoms. The third kappa shape index (κ3) is 3.08. The van der Waals surface area contributed by atoms with Crippen LogP contribution in [0.3, 0.4) is 0 Å². The molecule has 0 aliphatic carbocycles. The lowest BCUT2D eigenvalue weighted by atomic mass is 10.2. The lowest BCUT2D eigenvalue weighted by molar-refractivity contribution is -0.383. The summed E-state index contributed by atoms with van der Waals surface area (Å²) in [5, 5.41) is 19.4. The third-order valence-electron chi connectivity index (χ3n) is 2.20. The van der Waals surface area contributed by atoms with E-state index in [4.69, 9.17) is 10.8 Å². The third-order valence-corrected chi connectivity index (χ3v) is 3.39. The zero-order valence-electron chi connectivity index (χ0n) is 9.61. The van der Waals surface area contributed by atoms with Gasteiger partial charge in [0.05, 0.1) is 30.0 Å². The quantitative estimate of drug-likeness (QED) is 0.440. The monoisotopic (exact) mass is 275 g/mol. The number of hydrogen-bond acceptors (Lipinski definition) is 6. The van der Waals surface area contributed by atoms with E-state index in [0.29, 0.717) is 0 Å². The van der Waals surface area contributed by atoms with Crippen LogP contribution in [0.1, 0.15) is 0 Å². The molecule has 3 N–H and O–H groups in total. The summed E-state index contributed by atoms with van der Waals surface area (Å²) in [6.45, 7) is -0.514. The van der Waals surface area contributed by atoms with Gasteiger partial charge in [-0.05, 0) is 12.1 Å². The maximum atomic E-state index is 11.5. The minimum absolute atomic E-state index is 0.135. The van der Waals surface area contributed by atoms with Gasteiger partial charge in [0, 0.05) is 6.07 Å². The summed E-state index contributed by atoms with van der Waals surface area (Å²) in [5.74, 6) is 0. The minimum Gasteiger partial charge on any atom is -0.394 e. The van der Waals surface area contributed by atoms with Crippen molar-refractivity contribution in [3.63, 3.8) is 0 Å². The summed E-state index contributed by atoms with van der Waals surface area (Å²) >= 11 is 0. The van der Waals surface area contributed by atoms with Crippen LogP contribution in [0.4, 0.5) is 17.1 Å². The Labute approximate surface area is 104 Å². The fourth-order valence-corrected chi connectivity index (χ4v) is 2.35. The van der Waals surface area contributed by atoms with Gasteiger partial charge in [-0.3, -0.25) is 14.4 Å². The van der Waals surface area contributed by atoms with Crippen molar-refractivity contribution in [3.8, 4) is 0 Å². The first-order valence-electron chi connectivity index (χ1n) is 4.90. The number of aliphatic hydroxyl groups excluding tert-OH is 1. The Morgan fingerprint density at radius 3 is 2.50 bits per heavy atom. The zero-order valence-corrected chi connectivity index (χ0v) is 10.4. The number of hydrogen-bond donors (Lipinski definition) is 2. The molecule has 0 aliphatic rings. The minimum atomic E-state index is -3.58. The number of nitrogen functional groups attached to an aromatic ring is 1. The molecule has 1 rings (SSSR count). The molecule has 8 nitrogen and oxygen atoms in total. The molecule has 100 valence electrons. The van der Waals surface area contributed by atoms with Crippen molar-refractivity contribution in [1.82, 2.24) is 0 Å². The van der Waals surface area contributed by atoms with E-state index in [9.17, 15) is 18.5 Å². The summed E-state index contributed by atoms with van der Waals surface area (Å²) in [4.78, 5) is 9.92. The second-order valence-electron chi connectivity index (χ2n) is 3.56. The van der Waals surface area contributed by atoms with Gasteiger partial charge in [-0.2, -0.15) is 0 Å². The van der Waals surface area contributed by atoms with Crippen LogP contribution >= 0.6 is 0 Å². The number of nitro groups is 1. The summed E-state index contributed by atoms with van der Waals surface area (Å²) in [6.07, 6.45) is 0.972. The van der Waals surface area contributed by atoms with Crippen molar-refractivity contribution >= 4 is 27.1 Å². The van der Waals surface area contributed by atoms with E-state index < -0.39 is 14.9 Å². The van der Waals surface area contributed by atoms with Gasteiger partial charge in [-0.1, -0.05) is 0 Å². The first-order chi connectivity index (χ1) is 8.27. The molecule has 1 aromatic carbocycles. The Hall–Kier alpha value is -1.87. The highest BCUT2D eigenvalue weighted by atomic mass is 32.2. The Morgan fingerprint density at radius 1 is 1.50 bits per heavy atom. The molecule has 0 spiro atoms. The average Bonchev–Trinajstić information content (AvgIpc) is 2.23. The van der Waals surface area contributed by atoms with E-state index in [0.717, 1.165) is 16.6 Å². The highest BCUT2D eigenvalue weighted by Gasteiger charge is 2.19. The molecule has 9 heteroatoms. The van der Waals surface area contributed by atoms with Crippen molar-refractivity contribution < 1.29 is 18.4 Å². The zero-order chi connectivity index (χ0) is 13.9. The molecule has 0 radical (unpaired) electrons. The molecular weight excluding hydrogens is 262 g/mol. The van der Waals surface area contributed by atoms with E-state index in [1.54, 1.807) is 0 Å². The summed E-state index contributed by atoms with van der Waals surface area (Å²) in [6, 6.07) is 3.58. The number of nitrogens with two attached hydrogens (primary N) is 1. The SMILES string of the molecule is CS(=O)(=O)N(CCO)c1ccc([N+](=O)[O-])c(N)c1. The summed E-state index contributed by atoms with van der Waals surface area (Å²) < 4.78 is 23.9. The second kappa shape index (κ2) is 5.19. The van der Waals surface area contributed by atoms with E-state index in [1.165, 1.54) is 12.1 Å². The molecule has 0 aromatic heterocycles. The lowest BCUT2D eigenvalue weighted by Gasteiger charge is -2.21. The lowest BCUT2D eigenvalue weighted by Crippen LogP contribution is -2.32. The van der Waals surface area contributed by atoms with Crippen LogP contribution in [0, 0.1) is 10.1 Å². The molecule has 0 saturated carbocycles. The smallest absolute Gasteiger partial charge is 0.292 e. The van der Waals surface area contributed by atoms with Crippen LogP contribution in [0.15, 0.2) is 18.2 Å². The number of aliphatic hydroxyl groups is 1. The second-order valence-corrected chi connectivity index (χ2v) is 5.47. The Balaban J connectivity index is 3.23. The van der Waals surface area contributed by atoms with Gasteiger partial charge >= 0.3 is 0 Å². The standard InChI is InChI=1S/C9H13N3O5S/c1-18(16,17)11(4-5-13)7-2-3-9(12(14)15)8(10)6-7/h2-3,6,13H,4-5,10H2,1H3. The fraction of sp³-hybridized carbons (Fsp3) is 0.333. The number of anilines is 2. The highest BCUT2D eigenvalue weighted by molar-refractivity contribution is 7.92. The van der Waals surface area contributed by atoms with E-state index in [1.807, 2.05) is 0 Å². The first-order valence-corrected chi connectivity index (χ1v) is 6.74. The van der Waals surface area contributed by atoms with Gasteiger partial charge in [0.15, 0.2) is 0 Å². The largest absolute Gasteiger partial charge is 0.394 e. The predicted molar refractivity (Wildman–Crippen MR) is 66.8 cm³/mol. The maximum Gasteiger partial charge on any atom is 0.292 e. The van der Waals surface area contributed by atoms with Gasteiger partial charge in [0.25, 0.3) is 5.69 Å². The van der Waals surface area contributed by atoms with E-state index in [-0.39, 0.29) is 30.2 Å². The van der Waals surface area contributed by atoms with Crippen molar-refractivity contribution in [1.29, 1.82) is 0 Å². The fourth-order valence-electron chi connectivity index (χ4n) is 1.44. The van der Waals surface area contributed by atoms with Crippen molar-refractivity contribution in [2.45, 2.75) is 0 Å². The number of nitro benzene ring substituents is 1. The van der Waals surface area contributed by atoms with E-state index in [2.05, 4.69) is 0 Å². The summed E-state index contributed by atoms with van der Waals surface area (Å²) in [5.41, 5.74) is 5.22. The molecule has 0 unspecified atom stereocenters. The van der Waals surface area contributed by atoms with Gasteiger partial charge in [0.1, 0.15) is 5.69 Å². The molecule has 0 amide bonds. The topological polar surface area (TPSA) is 127 Å². The van der Waals surface area contributed by atoms with Crippen molar-refractivity contribution in [2.75, 3.05) is 29.4 Å². The molecular formula is C9H13N3O5S. The Morgan fingerprint density at radius 2 is 2.11 bits per heavy atom. The first kappa shape index (κ1) is 14.2. The van der Waals surface area contributed by atoms with Crippen LogP contribution in [0.2, 0.25) is 0 Å². The van der Waals surface area contributed by atoms with Gasteiger partial charge in [0.2, 0.25) is 10.0 Å². The molecule has 0 heterocycles. The predicted octanol–water partition coefficient (Wildman–Crippen LogP) is -0.0647. The molecule has 0 saturated heterocycles. The van der Waals surface area contributed by atoms with Crippen LogP contribution in [0.5, 0.6) is 0 Å². The van der Waals surface area contributed by atoms with Crippen LogP contribution < -0.4 is 10.0 Å². The Kier molecular flexibility index (Phi) is 4.09. The molecule has 1 aromatic rings. The van der Waals surface area contributed by atoms with Crippen LogP contribution in [0.25, 0.3) is 0 Å². The normalized spacial score (nSPS) is 11.2. The number of sulfonamides is 1. The molecule has 0 fully saturated rings. The maximum absolute atomic E-state index is 11.5. The highest BCUT2D eigenvalue weighted by Crippen LogP contribution is 2.27. The van der Waals surface area contributed by atoms with E-state index >= 15 is 0 Å². The van der Waals surface area contributed by atoms with Crippen LogP contribution in [-0.4, -0.2) is 37.9 Å². The van der Waals surface area contributed by atoms with Crippen molar-refractivity contribution in [2.24, 2.45) is 0 Å². The van der Waals surface area contributed by atoms with Crippen molar-refractivity contribution in [3.05, 3.63) is 28.3 Å². The van der Waals surface area contributed by atoms with Gasteiger partial charge in [-0.15, -0.1) is 0 Å². The average molecular weight is 275 g/mol. The molecule has 0 aliphatic heterocycles. The summed E-state index contributed by atoms with van der Waals surface area (Å²) in [7, 11) is -3.58. The molecule has 0 atom stereocenters. The van der Waals surface area contributed by atoms with Gasteiger partial charge < -0.3 is 10.8 Å². The number of nitrogens with zero attached hydrogens (tertiary/aromatic N) is 2. The van der Waals surface area contributed by atoms with Gasteiger partial charge in [-0.25, -0.2) is 8.42 Å². The van der Waals surface area contributed by atoms with Crippen LogP contribution in [-0.2, 0) is 10.0 Å². The number of benzene rings is 1. The number of rotatable bonds is 5. The Bertz CT molecular complexity index is 557.